The van der Waals surface area contributed by atoms with Gasteiger partial charge in [-0.05, 0) is 5.92 Å². The molecule has 0 saturated carbocycles. The first-order valence-corrected chi connectivity index (χ1v) is 5.58. The van der Waals surface area contributed by atoms with Gasteiger partial charge >= 0.3 is 29.6 Å². The maximum atomic E-state index is 9.39. The van der Waals surface area contributed by atoms with Crippen LogP contribution in [0.3, 0.4) is 0 Å². The van der Waals surface area contributed by atoms with Crippen molar-refractivity contribution in [2.75, 3.05) is 19.8 Å². The number of hydrogen-bond donors (Lipinski definition) is 2. The molecule has 0 aliphatic rings. The summed E-state index contributed by atoms with van der Waals surface area (Å²) in [6.07, 6.45) is 0.546. The minimum atomic E-state index is -0.542. The summed E-state index contributed by atoms with van der Waals surface area (Å²) in [5.41, 5.74) is 0. The molecule has 0 aliphatic carbocycles. The van der Waals surface area contributed by atoms with E-state index in [2.05, 4.69) is 44.0 Å². The van der Waals surface area contributed by atoms with Crippen molar-refractivity contribution in [1.29, 1.82) is 0 Å². The van der Waals surface area contributed by atoms with E-state index in [0.29, 0.717) is 25.7 Å². The number of aliphatic hydroxyl groups is 1. The zero-order valence-corrected chi connectivity index (χ0v) is 13.3. The molecule has 84 valence electrons. The van der Waals surface area contributed by atoms with Crippen molar-refractivity contribution in [3.05, 3.63) is 0 Å². The van der Waals surface area contributed by atoms with Gasteiger partial charge in [0.2, 0.25) is 0 Å². The average molecular weight is 259 g/mol. The summed E-state index contributed by atoms with van der Waals surface area (Å²) in [6.45, 7) is 5.61. The summed E-state index contributed by atoms with van der Waals surface area (Å²) < 4.78 is 5.60. The smallest absolute Gasteiger partial charge is 0.412 e. The Hall–Kier alpha value is 1.03. The van der Waals surface area contributed by atoms with Crippen LogP contribution in [0, 0.1) is 5.92 Å². The second-order valence-electron chi connectivity index (χ2n) is 3.37. The van der Waals surface area contributed by atoms with Crippen LogP contribution >= 0.6 is 12.2 Å². The number of rotatable bonds is 7. The Bertz CT molecular complexity index is 172. The van der Waals surface area contributed by atoms with Crippen molar-refractivity contribution < 1.29 is 39.4 Å². The topological polar surface area (TPSA) is 41.5 Å². The molecule has 2 unspecified atom stereocenters. The van der Waals surface area contributed by atoms with Crippen LogP contribution in [0.5, 0.6) is 0 Å². The van der Waals surface area contributed by atoms with Crippen molar-refractivity contribution in [3.8, 4) is 0 Å². The molecule has 0 fully saturated rings. The summed E-state index contributed by atoms with van der Waals surface area (Å²) in [4.78, 5) is 0. The van der Waals surface area contributed by atoms with E-state index in [9.17, 15) is 5.11 Å². The van der Waals surface area contributed by atoms with Gasteiger partial charge < -0.3 is 40.0 Å². The van der Waals surface area contributed by atoms with Gasteiger partial charge in [-0.25, -0.2) is 0 Å². The van der Waals surface area contributed by atoms with Crippen LogP contribution in [-0.4, -0.2) is 35.3 Å². The predicted molar refractivity (Wildman–Crippen MR) is 64.2 cm³/mol. The number of hydrogen-bond acceptors (Lipinski definition) is 4. The van der Waals surface area contributed by atoms with Gasteiger partial charge in [-0.15, -0.1) is 0 Å². The van der Waals surface area contributed by atoms with E-state index >= 15 is 0 Å². The molecule has 0 saturated heterocycles. The summed E-state index contributed by atoms with van der Waals surface area (Å²) in [5, 5.41) is 12.1. The van der Waals surface area contributed by atoms with Crippen molar-refractivity contribution in [2.45, 2.75) is 26.4 Å². The zero-order chi connectivity index (χ0) is 11.0. The Morgan fingerprint density at radius 3 is 2.60 bits per heavy atom. The molecular weight excluding hydrogens is 241 g/mol. The first-order chi connectivity index (χ1) is 6.56. The minimum absolute atomic E-state index is 0. The van der Waals surface area contributed by atoms with Crippen LogP contribution in [0.4, 0.5) is 0 Å². The van der Waals surface area contributed by atoms with Gasteiger partial charge in [0.1, 0.15) is 0 Å². The molecule has 0 aromatic rings. The molecule has 0 rings (SSSR count). The normalized spacial score (nSPS) is 13.8. The third kappa shape index (κ3) is 13.0. The number of thiocarbonyl (C=S) groups is 1. The average Bonchev–Trinajstić information content (AvgIpc) is 2.14. The molecule has 0 radical (unpaired) electrons. The van der Waals surface area contributed by atoms with E-state index in [0.717, 1.165) is 6.42 Å². The largest absolute Gasteiger partial charge is 1.00 e. The van der Waals surface area contributed by atoms with Crippen molar-refractivity contribution >= 4 is 29.2 Å². The maximum absolute atomic E-state index is 9.39. The van der Waals surface area contributed by atoms with E-state index < -0.39 is 6.10 Å². The van der Waals surface area contributed by atoms with Gasteiger partial charge in [0.05, 0.1) is 12.7 Å². The zero-order valence-electron chi connectivity index (χ0n) is 9.66. The Kier molecular flexibility index (Phi) is 14.1. The molecular formula is C9H18NNaO2S2. The molecule has 0 aromatic heterocycles. The standard InChI is InChI=1S/C9H19NO2S2.Na/c1-3-7(2)5-12-6-8(11)4-10-9(13)14;/h7-8,11H,3-6H2,1-2H3,(H2,10,13,14);/q;+1/p-1. The van der Waals surface area contributed by atoms with Gasteiger partial charge in [-0.3, -0.25) is 0 Å². The Labute approximate surface area is 125 Å². The molecule has 0 aliphatic heterocycles. The van der Waals surface area contributed by atoms with E-state index in [4.69, 9.17) is 4.74 Å². The summed E-state index contributed by atoms with van der Waals surface area (Å²) >= 11 is 9.28. The van der Waals surface area contributed by atoms with Crippen molar-refractivity contribution in [1.82, 2.24) is 5.32 Å². The molecule has 0 bridgehead atoms. The second-order valence-corrected chi connectivity index (χ2v) is 4.45. The summed E-state index contributed by atoms with van der Waals surface area (Å²) in [6, 6.07) is 0. The Balaban J connectivity index is 0. The first-order valence-electron chi connectivity index (χ1n) is 4.76. The number of aliphatic hydroxyl groups excluding tert-OH is 1. The molecule has 3 nitrogen and oxygen atoms in total. The second kappa shape index (κ2) is 11.5. The predicted octanol–water partition coefficient (Wildman–Crippen LogP) is -2.16. The van der Waals surface area contributed by atoms with Gasteiger partial charge in [0.15, 0.2) is 0 Å². The fraction of sp³-hybridized carbons (Fsp3) is 0.889. The summed E-state index contributed by atoms with van der Waals surface area (Å²) in [7, 11) is 0. The van der Waals surface area contributed by atoms with Crippen LogP contribution < -0.4 is 34.9 Å². The van der Waals surface area contributed by atoms with E-state index in [1.54, 1.807) is 0 Å². The van der Waals surface area contributed by atoms with Crippen LogP contribution in [0.1, 0.15) is 20.3 Å². The summed E-state index contributed by atoms with van der Waals surface area (Å²) in [5.74, 6) is 0.537. The van der Waals surface area contributed by atoms with Gasteiger partial charge in [0, 0.05) is 13.2 Å². The van der Waals surface area contributed by atoms with E-state index in [1.807, 2.05) is 0 Å². The minimum Gasteiger partial charge on any atom is -0.412 e. The first kappa shape index (κ1) is 18.4. The third-order valence-electron chi connectivity index (χ3n) is 1.89. The molecule has 0 amide bonds. The van der Waals surface area contributed by atoms with Gasteiger partial charge in [-0.2, -0.15) is 0 Å². The van der Waals surface area contributed by atoms with E-state index in [-0.39, 0.29) is 33.9 Å². The van der Waals surface area contributed by atoms with Gasteiger partial charge in [-0.1, -0.05) is 24.6 Å². The van der Waals surface area contributed by atoms with Crippen LogP contribution in [0.25, 0.3) is 0 Å². The fourth-order valence-corrected chi connectivity index (χ4v) is 0.950. The molecule has 2 N–H and O–H groups in total. The van der Waals surface area contributed by atoms with E-state index in [1.165, 1.54) is 0 Å². The van der Waals surface area contributed by atoms with Crippen molar-refractivity contribution in [2.24, 2.45) is 5.92 Å². The third-order valence-corrected chi connectivity index (χ3v) is 2.18. The molecule has 6 heteroatoms. The molecule has 0 aromatic carbocycles. The molecule has 0 heterocycles. The molecule has 15 heavy (non-hydrogen) atoms. The maximum Gasteiger partial charge on any atom is 1.00 e. The molecule has 2 atom stereocenters. The van der Waals surface area contributed by atoms with Crippen molar-refractivity contribution in [3.63, 3.8) is 0 Å². The van der Waals surface area contributed by atoms with Gasteiger partial charge in [0.25, 0.3) is 0 Å². The quantitative estimate of drug-likeness (QED) is 0.310. The van der Waals surface area contributed by atoms with Crippen LogP contribution in [-0.2, 0) is 17.4 Å². The van der Waals surface area contributed by atoms with Crippen LogP contribution in [0.2, 0.25) is 0 Å². The molecule has 0 spiro atoms. The van der Waals surface area contributed by atoms with Crippen LogP contribution in [0.15, 0.2) is 0 Å². The SMILES string of the molecule is CCC(C)COCC(O)CNC(=S)[S-].[Na+]. The monoisotopic (exact) mass is 259 g/mol. The number of nitrogens with one attached hydrogen (secondary N) is 1. The number of ether oxygens (including phenoxy) is 1. The Morgan fingerprint density at radius 2 is 2.13 bits per heavy atom. The fourth-order valence-electron chi connectivity index (χ4n) is 0.783. The Morgan fingerprint density at radius 1 is 1.53 bits per heavy atom.